The number of halogens is 1. The average Bonchev–Trinajstić information content (AvgIpc) is 2.85. The maximum absolute atomic E-state index is 6.12. The molecule has 0 unspecified atom stereocenters. The van der Waals surface area contributed by atoms with Gasteiger partial charge in [0.15, 0.2) is 5.82 Å². The Bertz CT molecular complexity index is 784. The van der Waals surface area contributed by atoms with Gasteiger partial charge in [-0.2, -0.15) is 0 Å². The van der Waals surface area contributed by atoms with E-state index in [4.69, 9.17) is 16.3 Å². The smallest absolute Gasteiger partial charge is 0.241 e. The third-order valence-corrected chi connectivity index (χ3v) is 3.58. The topological polar surface area (TPSA) is 39.9 Å². The lowest BCUT2D eigenvalue weighted by molar-refractivity contribution is 0.325. The highest BCUT2D eigenvalue weighted by atomic mass is 35.5. The molecule has 2 aromatic heterocycles. The van der Waals surface area contributed by atoms with Crippen LogP contribution in [0.3, 0.4) is 0 Å². The lowest BCUT2D eigenvalue weighted by Gasteiger charge is -2.05. The molecule has 0 aliphatic heterocycles. The van der Waals surface area contributed by atoms with Gasteiger partial charge in [0, 0.05) is 11.2 Å². The molecule has 5 heteroatoms. The largest absolute Gasteiger partial charge is 0.476 e. The van der Waals surface area contributed by atoms with Crippen molar-refractivity contribution >= 4 is 11.6 Å². The van der Waals surface area contributed by atoms with Crippen LogP contribution in [0.2, 0.25) is 5.02 Å². The summed E-state index contributed by atoms with van der Waals surface area (Å²) in [5, 5.41) is 5.25. The van der Waals surface area contributed by atoms with Crippen LogP contribution in [0.5, 0.6) is 5.88 Å². The first kappa shape index (κ1) is 14.6. The first-order valence-corrected chi connectivity index (χ1v) is 7.48. The van der Waals surface area contributed by atoms with Crippen molar-refractivity contribution in [3.63, 3.8) is 0 Å². The van der Waals surface area contributed by atoms with Crippen molar-refractivity contribution in [3.8, 4) is 22.8 Å². The lowest BCUT2D eigenvalue weighted by atomic mass is 10.1. The summed E-state index contributed by atoms with van der Waals surface area (Å²) < 4.78 is 7.50. The van der Waals surface area contributed by atoms with Crippen LogP contribution in [0.4, 0.5) is 0 Å². The summed E-state index contributed by atoms with van der Waals surface area (Å²) in [6.45, 7) is 4.49. The molecule has 0 fully saturated rings. The van der Waals surface area contributed by atoms with Crippen LogP contribution in [0, 0.1) is 6.92 Å². The van der Waals surface area contributed by atoms with Crippen LogP contribution in [-0.2, 0) is 0 Å². The van der Waals surface area contributed by atoms with Crippen LogP contribution in [0.25, 0.3) is 16.9 Å². The molecule has 0 atom stereocenters. The third kappa shape index (κ3) is 2.70. The Morgan fingerprint density at radius 1 is 1.18 bits per heavy atom. The molecule has 0 radical (unpaired) electrons. The number of hydrogen-bond acceptors (Lipinski definition) is 3. The molecule has 0 amide bonds. The SMILES string of the molecule is CCOc1nn(-c2ccccn2)c(C)c1-c1cccc(Cl)c1. The van der Waals surface area contributed by atoms with Crippen molar-refractivity contribution in [2.75, 3.05) is 6.61 Å². The van der Waals surface area contributed by atoms with E-state index in [1.165, 1.54) is 0 Å². The molecule has 112 valence electrons. The fourth-order valence-corrected chi connectivity index (χ4v) is 2.58. The van der Waals surface area contributed by atoms with E-state index < -0.39 is 0 Å². The minimum atomic E-state index is 0.548. The maximum atomic E-state index is 6.12. The van der Waals surface area contributed by atoms with E-state index in [1.807, 2.05) is 56.3 Å². The third-order valence-electron chi connectivity index (χ3n) is 3.34. The fraction of sp³-hybridized carbons (Fsp3) is 0.176. The Morgan fingerprint density at radius 3 is 2.73 bits per heavy atom. The number of ether oxygens (including phenoxy) is 1. The molecule has 3 rings (SSSR count). The van der Waals surface area contributed by atoms with Crippen molar-refractivity contribution in [1.29, 1.82) is 0 Å². The summed E-state index contributed by atoms with van der Waals surface area (Å²) in [5.74, 6) is 1.35. The van der Waals surface area contributed by atoms with Gasteiger partial charge in [-0.1, -0.05) is 29.8 Å². The first-order valence-electron chi connectivity index (χ1n) is 7.10. The Hall–Kier alpha value is -2.33. The van der Waals surface area contributed by atoms with E-state index in [1.54, 1.807) is 10.9 Å². The molecule has 0 saturated carbocycles. The Kier molecular flexibility index (Phi) is 4.11. The Labute approximate surface area is 134 Å². The van der Waals surface area contributed by atoms with Gasteiger partial charge < -0.3 is 4.74 Å². The number of hydrogen-bond donors (Lipinski definition) is 0. The standard InChI is InChI=1S/C17H16ClN3O/c1-3-22-17-16(13-7-6-8-14(18)11-13)12(2)21(20-17)15-9-4-5-10-19-15/h4-11H,3H2,1-2H3. The zero-order chi connectivity index (χ0) is 15.5. The van der Waals surface area contributed by atoms with Crippen molar-refractivity contribution in [3.05, 3.63) is 59.4 Å². The summed E-state index contributed by atoms with van der Waals surface area (Å²) in [6, 6.07) is 13.4. The zero-order valence-electron chi connectivity index (χ0n) is 12.5. The van der Waals surface area contributed by atoms with Gasteiger partial charge in [-0.25, -0.2) is 9.67 Å². The molecule has 1 aromatic carbocycles. The molecule has 0 aliphatic carbocycles. The predicted octanol–water partition coefficient (Wildman–Crippen LogP) is 4.29. The second-order valence-corrected chi connectivity index (χ2v) is 5.25. The molecule has 0 bridgehead atoms. The number of nitrogens with zero attached hydrogens (tertiary/aromatic N) is 3. The predicted molar refractivity (Wildman–Crippen MR) is 87.7 cm³/mol. The normalized spacial score (nSPS) is 10.7. The first-order chi connectivity index (χ1) is 10.7. The highest BCUT2D eigenvalue weighted by molar-refractivity contribution is 6.30. The van der Waals surface area contributed by atoms with E-state index in [9.17, 15) is 0 Å². The van der Waals surface area contributed by atoms with Crippen LogP contribution in [0.15, 0.2) is 48.7 Å². The molecule has 0 spiro atoms. The highest BCUT2D eigenvalue weighted by Crippen LogP contribution is 2.34. The highest BCUT2D eigenvalue weighted by Gasteiger charge is 2.19. The molecule has 2 heterocycles. The van der Waals surface area contributed by atoms with Crippen LogP contribution in [-0.4, -0.2) is 21.4 Å². The summed E-state index contributed by atoms with van der Waals surface area (Å²) in [7, 11) is 0. The summed E-state index contributed by atoms with van der Waals surface area (Å²) in [6.07, 6.45) is 1.75. The molecule has 22 heavy (non-hydrogen) atoms. The van der Waals surface area contributed by atoms with Crippen molar-refractivity contribution in [2.24, 2.45) is 0 Å². The number of pyridine rings is 1. The van der Waals surface area contributed by atoms with Gasteiger partial charge in [-0.05, 0) is 43.7 Å². The molecule has 0 saturated heterocycles. The van der Waals surface area contributed by atoms with Gasteiger partial charge in [0.25, 0.3) is 0 Å². The molecule has 0 aliphatic rings. The molecular weight excluding hydrogens is 298 g/mol. The fourth-order valence-electron chi connectivity index (χ4n) is 2.39. The minimum Gasteiger partial charge on any atom is -0.476 e. The monoisotopic (exact) mass is 313 g/mol. The van der Waals surface area contributed by atoms with E-state index in [2.05, 4.69) is 10.1 Å². The molecule has 3 aromatic rings. The van der Waals surface area contributed by atoms with Crippen molar-refractivity contribution in [1.82, 2.24) is 14.8 Å². The van der Waals surface area contributed by atoms with Gasteiger partial charge in [-0.15, -0.1) is 5.10 Å². The van der Waals surface area contributed by atoms with Crippen LogP contribution < -0.4 is 4.74 Å². The Morgan fingerprint density at radius 2 is 2.05 bits per heavy atom. The van der Waals surface area contributed by atoms with Crippen molar-refractivity contribution in [2.45, 2.75) is 13.8 Å². The van der Waals surface area contributed by atoms with E-state index in [0.29, 0.717) is 17.5 Å². The van der Waals surface area contributed by atoms with Gasteiger partial charge in [0.1, 0.15) is 0 Å². The zero-order valence-corrected chi connectivity index (χ0v) is 13.2. The van der Waals surface area contributed by atoms with Gasteiger partial charge >= 0.3 is 0 Å². The second kappa shape index (κ2) is 6.20. The van der Waals surface area contributed by atoms with E-state index in [-0.39, 0.29) is 0 Å². The second-order valence-electron chi connectivity index (χ2n) is 4.81. The van der Waals surface area contributed by atoms with E-state index >= 15 is 0 Å². The van der Waals surface area contributed by atoms with Crippen LogP contribution >= 0.6 is 11.6 Å². The summed E-state index contributed by atoms with van der Waals surface area (Å²) in [4.78, 5) is 4.35. The number of aromatic nitrogens is 3. The molecule has 0 N–H and O–H groups in total. The lowest BCUT2D eigenvalue weighted by Crippen LogP contribution is -2.01. The van der Waals surface area contributed by atoms with Gasteiger partial charge in [-0.3, -0.25) is 0 Å². The molecule has 4 nitrogen and oxygen atoms in total. The maximum Gasteiger partial charge on any atom is 0.241 e. The van der Waals surface area contributed by atoms with Gasteiger partial charge in [0.05, 0.1) is 17.9 Å². The average molecular weight is 314 g/mol. The summed E-state index contributed by atoms with van der Waals surface area (Å²) >= 11 is 6.12. The summed E-state index contributed by atoms with van der Waals surface area (Å²) in [5.41, 5.74) is 2.88. The van der Waals surface area contributed by atoms with E-state index in [0.717, 1.165) is 22.6 Å². The number of benzene rings is 1. The van der Waals surface area contributed by atoms with Crippen LogP contribution in [0.1, 0.15) is 12.6 Å². The minimum absolute atomic E-state index is 0.548. The Balaban J connectivity index is 2.18. The van der Waals surface area contributed by atoms with Crippen molar-refractivity contribution < 1.29 is 4.74 Å². The quantitative estimate of drug-likeness (QED) is 0.721. The van der Waals surface area contributed by atoms with Gasteiger partial charge in [0.2, 0.25) is 5.88 Å². The number of rotatable bonds is 4. The molecular formula is C17H16ClN3O.